The largest absolute Gasteiger partial charge is 0.351 e. The molecule has 0 bridgehead atoms. The van der Waals surface area contributed by atoms with Crippen molar-refractivity contribution in [2.45, 2.75) is 6.54 Å². The Hall–Kier alpha value is -3.66. The molecule has 0 radical (unpaired) electrons. The molecule has 0 aliphatic carbocycles. The fourth-order valence-corrected chi connectivity index (χ4v) is 2.30. The van der Waals surface area contributed by atoms with Gasteiger partial charge in [-0.1, -0.05) is 18.2 Å². The Labute approximate surface area is 143 Å². The van der Waals surface area contributed by atoms with E-state index in [0.29, 0.717) is 17.8 Å². The summed E-state index contributed by atoms with van der Waals surface area (Å²) in [5.74, 6) is -0.263. The minimum Gasteiger partial charge on any atom is -0.351 e. The predicted molar refractivity (Wildman–Crippen MR) is 92.7 cm³/mol. The number of fused-ring (bicyclic) bond motifs is 1. The van der Waals surface area contributed by atoms with Crippen LogP contribution < -0.4 is 11.0 Å². The lowest BCUT2D eigenvalue weighted by Crippen LogP contribution is -2.30. The van der Waals surface area contributed by atoms with Gasteiger partial charge in [-0.05, 0) is 35.9 Å². The summed E-state index contributed by atoms with van der Waals surface area (Å²) in [7, 11) is 0. The van der Waals surface area contributed by atoms with Crippen molar-refractivity contribution in [3.05, 3.63) is 76.3 Å². The molecule has 2 heterocycles. The van der Waals surface area contributed by atoms with Crippen LogP contribution in [-0.2, 0) is 11.3 Å². The number of carbonyl (C=O) groups is 1. The van der Waals surface area contributed by atoms with E-state index in [-0.39, 0.29) is 18.1 Å². The Kier molecular flexibility index (Phi) is 4.72. The zero-order valence-electron chi connectivity index (χ0n) is 13.3. The second kappa shape index (κ2) is 7.27. The van der Waals surface area contributed by atoms with Crippen LogP contribution in [0.25, 0.3) is 11.7 Å². The SMILES string of the molecule is N#Cc1ccc(/C=C\C(=O)NCCn2nc3ccccn3c2=O)cc1. The third-order valence-corrected chi connectivity index (χ3v) is 3.58. The minimum atomic E-state index is -0.263. The molecule has 25 heavy (non-hydrogen) atoms. The molecule has 124 valence electrons. The van der Waals surface area contributed by atoms with Crippen molar-refractivity contribution >= 4 is 17.6 Å². The molecule has 0 aliphatic rings. The molecule has 1 N–H and O–H groups in total. The van der Waals surface area contributed by atoms with Gasteiger partial charge in [-0.15, -0.1) is 5.10 Å². The first kappa shape index (κ1) is 16.2. The second-order valence-corrected chi connectivity index (χ2v) is 5.29. The van der Waals surface area contributed by atoms with Gasteiger partial charge in [-0.2, -0.15) is 5.26 Å². The highest BCUT2D eigenvalue weighted by Crippen LogP contribution is 2.04. The molecule has 1 aromatic carbocycles. The van der Waals surface area contributed by atoms with Crippen molar-refractivity contribution in [2.75, 3.05) is 6.54 Å². The summed E-state index contributed by atoms with van der Waals surface area (Å²) in [6, 6.07) is 14.3. The summed E-state index contributed by atoms with van der Waals surface area (Å²) in [4.78, 5) is 23.9. The minimum absolute atomic E-state index is 0.238. The van der Waals surface area contributed by atoms with Crippen LogP contribution in [0.15, 0.2) is 59.5 Å². The highest BCUT2D eigenvalue weighted by Gasteiger charge is 2.05. The molecule has 7 heteroatoms. The number of pyridine rings is 1. The summed E-state index contributed by atoms with van der Waals surface area (Å²) < 4.78 is 2.77. The van der Waals surface area contributed by atoms with Gasteiger partial charge < -0.3 is 5.32 Å². The molecule has 7 nitrogen and oxygen atoms in total. The zero-order chi connectivity index (χ0) is 17.6. The monoisotopic (exact) mass is 333 g/mol. The molecule has 3 aromatic rings. The molecular weight excluding hydrogens is 318 g/mol. The molecule has 0 unspecified atom stereocenters. The van der Waals surface area contributed by atoms with E-state index in [4.69, 9.17) is 5.26 Å². The van der Waals surface area contributed by atoms with Crippen LogP contribution in [0.1, 0.15) is 11.1 Å². The van der Waals surface area contributed by atoms with Gasteiger partial charge in [0.25, 0.3) is 0 Å². The predicted octanol–water partition coefficient (Wildman–Crippen LogP) is 1.20. The van der Waals surface area contributed by atoms with Crippen LogP contribution in [0.5, 0.6) is 0 Å². The normalized spacial score (nSPS) is 10.8. The summed E-state index contributed by atoms with van der Waals surface area (Å²) in [6.07, 6.45) is 4.72. The van der Waals surface area contributed by atoms with Gasteiger partial charge in [-0.25, -0.2) is 9.48 Å². The van der Waals surface area contributed by atoms with E-state index < -0.39 is 0 Å². The maximum absolute atomic E-state index is 12.1. The molecule has 0 atom stereocenters. The first-order valence-corrected chi connectivity index (χ1v) is 7.67. The first-order chi connectivity index (χ1) is 12.2. The van der Waals surface area contributed by atoms with Gasteiger partial charge in [0.15, 0.2) is 5.65 Å². The Morgan fingerprint density at radius 2 is 2.04 bits per heavy atom. The molecule has 0 saturated heterocycles. The Morgan fingerprint density at radius 1 is 1.24 bits per heavy atom. The molecule has 0 fully saturated rings. The highest BCUT2D eigenvalue weighted by atomic mass is 16.2. The number of nitrogens with zero attached hydrogens (tertiary/aromatic N) is 4. The molecule has 3 rings (SSSR count). The third kappa shape index (κ3) is 3.82. The lowest BCUT2D eigenvalue weighted by molar-refractivity contribution is -0.116. The van der Waals surface area contributed by atoms with Crippen molar-refractivity contribution in [2.24, 2.45) is 0 Å². The average molecular weight is 333 g/mol. The van der Waals surface area contributed by atoms with Crippen molar-refractivity contribution in [3.8, 4) is 6.07 Å². The molecule has 2 aromatic heterocycles. The van der Waals surface area contributed by atoms with E-state index in [1.54, 1.807) is 48.7 Å². The smallest absolute Gasteiger partial charge is 0.350 e. The van der Waals surface area contributed by atoms with Crippen molar-refractivity contribution in [1.82, 2.24) is 19.5 Å². The maximum atomic E-state index is 12.1. The van der Waals surface area contributed by atoms with Crippen molar-refractivity contribution in [1.29, 1.82) is 5.26 Å². The van der Waals surface area contributed by atoms with Crippen LogP contribution in [0.4, 0.5) is 0 Å². The van der Waals surface area contributed by atoms with Gasteiger partial charge >= 0.3 is 5.69 Å². The number of aromatic nitrogens is 3. The lowest BCUT2D eigenvalue weighted by Gasteiger charge is -2.01. The van der Waals surface area contributed by atoms with E-state index in [0.717, 1.165) is 5.56 Å². The number of hydrogen-bond acceptors (Lipinski definition) is 4. The Balaban J connectivity index is 1.55. The fourth-order valence-electron chi connectivity index (χ4n) is 2.30. The number of carbonyl (C=O) groups excluding carboxylic acids is 1. The van der Waals surface area contributed by atoms with Crippen molar-refractivity contribution < 1.29 is 4.79 Å². The molecule has 0 saturated carbocycles. The van der Waals surface area contributed by atoms with E-state index >= 15 is 0 Å². The Bertz CT molecular complexity index is 1020. The van der Waals surface area contributed by atoms with Gasteiger partial charge in [-0.3, -0.25) is 9.20 Å². The van der Waals surface area contributed by atoms with Crippen LogP contribution in [0, 0.1) is 11.3 Å². The molecule has 0 aliphatic heterocycles. The maximum Gasteiger partial charge on any atom is 0.350 e. The van der Waals surface area contributed by atoms with Gasteiger partial charge in [0.05, 0.1) is 18.2 Å². The lowest BCUT2D eigenvalue weighted by atomic mass is 10.1. The van der Waals surface area contributed by atoms with Gasteiger partial charge in [0, 0.05) is 18.8 Å². The van der Waals surface area contributed by atoms with Gasteiger partial charge in [0.2, 0.25) is 5.91 Å². The Morgan fingerprint density at radius 3 is 2.76 bits per heavy atom. The fraction of sp³-hybridized carbons (Fsp3) is 0.111. The number of nitrogens with one attached hydrogen (secondary N) is 1. The van der Waals surface area contributed by atoms with E-state index in [1.807, 2.05) is 12.1 Å². The third-order valence-electron chi connectivity index (χ3n) is 3.58. The number of benzene rings is 1. The van der Waals surface area contributed by atoms with E-state index in [2.05, 4.69) is 10.4 Å². The summed E-state index contributed by atoms with van der Waals surface area (Å²) in [5, 5.41) is 15.6. The van der Waals surface area contributed by atoms with Crippen LogP contribution in [-0.4, -0.2) is 26.6 Å². The van der Waals surface area contributed by atoms with Crippen LogP contribution in [0.2, 0.25) is 0 Å². The molecule has 0 spiro atoms. The zero-order valence-corrected chi connectivity index (χ0v) is 13.3. The van der Waals surface area contributed by atoms with E-state index in [9.17, 15) is 9.59 Å². The average Bonchev–Trinajstić information content (AvgIpc) is 2.97. The summed E-state index contributed by atoms with van der Waals surface area (Å²) in [6.45, 7) is 0.581. The number of hydrogen-bond donors (Lipinski definition) is 1. The first-order valence-electron chi connectivity index (χ1n) is 7.67. The van der Waals surface area contributed by atoms with Crippen molar-refractivity contribution in [3.63, 3.8) is 0 Å². The van der Waals surface area contributed by atoms with Gasteiger partial charge in [0.1, 0.15) is 0 Å². The highest BCUT2D eigenvalue weighted by molar-refractivity contribution is 5.91. The number of rotatable bonds is 5. The molecule has 1 amide bonds. The van der Waals surface area contributed by atoms with Crippen LogP contribution >= 0.6 is 0 Å². The number of nitriles is 1. The number of amides is 1. The summed E-state index contributed by atoms with van der Waals surface area (Å²) >= 11 is 0. The van der Waals surface area contributed by atoms with Crippen LogP contribution in [0.3, 0.4) is 0 Å². The standard InChI is InChI=1S/C18H15N5O2/c19-13-15-6-4-14(5-7-15)8-9-17(24)20-10-12-23-18(25)22-11-2-1-3-16(22)21-23/h1-9,11H,10,12H2,(H,20,24)/b9-8-. The second-order valence-electron chi connectivity index (χ2n) is 5.29. The quantitative estimate of drug-likeness (QED) is 0.710. The summed E-state index contributed by atoms with van der Waals surface area (Å²) in [5.41, 5.74) is 1.72. The topological polar surface area (TPSA) is 92.2 Å². The molecular formula is C18H15N5O2. The van der Waals surface area contributed by atoms with E-state index in [1.165, 1.54) is 15.2 Å².